The van der Waals surface area contributed by atoms with Crippen molar-refractivity contribution in [1.29, 1.82) is 0 Å². The van der Waals surface area contributed by atoms with Crippen molar-refractivity contribution in [2.75, 3.05) is 0 Å². The third-order valence-electron chi connectivity index (χ3n) is 2.96. The van der Waals surface area contributed by atoms with Crippen molar-refractivity contribution in [3.63, 3.8) is 0 Å². The fourth-order valence-electron chi connectivity index (χ4n) is 2.07. The molecule has 0 saturated heterocycles. The minimum atomic E-state index is -0.475. The number of esters is 1. The summed E-state index contributed by atoms with van der Waals surface area (Å²) in [7, 11) is 0. The average Bonchev–Trinajstić information content (AvgIpc) is 2.35. The maximum Gasteiger partial charge on any atom is 0.308 e. The second-order valence-corrected chi connectivity index (χ2v) is 4.32. The molecule has 2 aromatic carbocycles. The minimum absolute atomic E-state index is 0.230. The molecule has 0 aromatic heterocycles. The maximum absolute atomic E-state index is 13.3. The Bertz CT molecular complexity index is 662. The number of hydrogen-bond donors (Lipinski definition) is 0. The van der Waals surface area contributed by atoms with E-state index in [2.05, 4.69) is 0 Å². The fourth-order valence-corrected chi connectivity index (χ4v) is 2.07. The van der Waals surface area contributed by atoms with Crippen molar-refractivity contribution in [3.05, 3.63) is 41.2 Å². The number of carbonyl (C=O) groups excluding carboxylic acids is 2. The molecule has 0 fully saturated rings. The number of carbonyl (C=O) groups is 2. The van der Waals surface area contributed by atoms with Gasteiger partial charge in [-0.25, -0.2) is 4.39 Å². The molecule has 0 atom stereocenters. The van der Waals surface area contributed by atoms with Gasteiger partial charge >= 0.3 is 5.97 Å². The summed E-state index contributed by atoms with van der Waals surface area (Å²) in [5.41, 5.74) is 1.45. The molecule has 3 nitrogen and oxygen atoms in total. The summed E-state index contributed by atoms with van der Waals surface area (Å²) in [6, 6.07) is 6.07. The second-order valence-electron chi connectivity index (χ2n) is 4.32. The van der Waals surface area contributed by atoms with Crippen LogP contribution in [0.15, 0.2) is 24.3 Å². The SMILES string of the molecule is CC(=O)Oc1c(C)c(CC=O)cc2ccc(F)cc12. The summed E-state index contributed by atoms with van der Waals surface area (Å²) in [6.07, 6.45) is 1.02. The van der Waals surface area contributed by atoms with E-state index in [1.165, 1.54) is 19.1 Å². The van der Waals surface area contributed by atoms with Gasteiger partial charge in [-0.2, -0.15) is 0 Å². The Kier molecular flexibility index (Phi) is 3.60. The zero-order valence-corrected chi connectivity index (χ0v) is 10.7. The van der Waals surface area contributed by atoms with Crippen LogP contribution in [0.25, 0.3) is 10.8 Å². The molecule has 0 amide bonds. The maximum atomic E-state index is 13.3. The van der Waals surface area contributed by atoms with E-state index in [1.54, 1.807) is 13.0 Å². The molecular formula is C15H13FO3. The van der Waals surface area contributed by atoms with Gasteiger partial charge in [0.15, 0.2) is 0 Å². The molecule has 2 rings (SSSR count). The van der Waals surface area contributed by atoms with Crippen LogP contribution in [0.5, 0.6) is 5.75 Å². The zero-order valence-electron chi connectivity index (χ0n) is 10.7. The van der Waals surface area contributed by atoms with E-state index in [1.807, 2.05) is 6.07 Å². The third-order valence-corrected chi connectivity index (χ3v) is 2.96. The molecular weight excluding hydrogens is 247 g/mol. The Labute approximate surface area is 110 Å². The van der Waals surface area contributed by atoms with Gasteiger partial charge in [-0.1, -0.05) is 12.1 Å². The van der Waals surface area contributed by atoms with E-state index < -0.39 is 11.8 Å². The van der Waals surface area contributed by atoms with Crippen LogP contribution in [-0.2, 0) is 16.0 Å². The summed E-state index contributed by atoms with van der Waals surface area (Å²) < 4.78 is 18.5. The smallest absolute Gasteiger partial charge is 0.308 e. The van der Waals surface area contributed by atoms with Gasteiger partial charge in [0, 0.05) is 18.7 Å². The largest absolute Gasteiger partial charge is 0.426 e. The van der Waals surface area contributed by atoms with Crippen LogP contribution in [0.1, 0.15) is 18.1 Å². The van der Waals surface area contributed by atoms with E-state index in [0.29, 0.717) is 16.7 Å². The standard InChI is InChI=1S/C15H13FO3/c1-9-11(5-6-17)7-12-3-4-13(16)8-14(12)15(9)19-10(2)18/h3-4,6-8H,5H2,1-2H3. The molecule has 0 aliphatic carbocycles. The van der Waals surface area contributed by atoms with Gasteiger partial charge in [-0.15, -0.1) is 0 Å². The van der Waals surface area contributed by atoms with E-state index in [-0.39, 0.29) is 6.42 Å². The molecule has 0 unspecified atom stereocenters. The number of fused-ring (bicyclic) bond motifs is 1. The third kappa shape index (κ3) is 2.62. The van der Waals surface area contributed by atoms with Crippen LogP contribution in [0.3, 0.4) is 0 Å². The Hall–Kier alpha value is -2.23. The molecule has 0 saturated carbocycles. The Morgan fingerprint density at radius 2 is 2.11 bits per heavy atom. The van der Waals surface area contributed by atoms with Crippen molar-refractivity contribution in [2.45, 2.75) is 20.3 Å². The van der Waals surface area contributed by atoms with Crippen molar-refractivity contribution < 1.29 is 18.7 Å². The number of ether oxygens (including phenoxy) is 1. The van der Waals surface area contributed by atoms with Gasteiger partial charge in [0.2, 0.25) is 0 Å². The van der Waals surface area contributed by atoms with Crippen molar-refractivity contribution in [3.8, 4) is 5.75 Å². The first-order valence-electron chi connectivity index (χ1n) is 5.86. The highest BCUT2D eigenvalue weighted by atomic mass is 19.1. The Morgan fingerprint density at radius 1 is 1.37 bits per heavy atom. The molecule has 0 bridgehead atoms. The number of benzene rings is 2. The van der Waals surface area contributed by atoms with E-state index in [4.69, 9.17) is 4.74 Å². The van der Waals surface area contributed by atoms with Crippen LogP contribution in [0.4, 0.5) is 4.39 Å². The average molecular weight is 260 g/mol. The molecule has 0 N–H and O–H groups in total. The van der Waals surface area contributed by atoms with Crippen LogP contribution in [0.2, 0.25) is 0 Å². The topological polar surface area (TPSA) is 43.4 Å². The number of hydrogen-bond acceptors (Lipinski definition) is 3. The lowest BCUT2D eigenvalue weighted by Gasteiger charge is -2.13. The van der Waals surface area contributed by atoms with Gasteiger partial charge in [0.05, 0.1) is 0 Å². The van der Waals surface area contributed by atoms with Crippen molar-refractivity contribution in [2.24, 2.45) is 0 Å². The Morgan fingerprint density at radius 3 is 2.74 bits per heavy atom. The van der Waals surface area contributed by atoms with Crippen LogP contribution >= 0.6 is 0 Å². The zero-order chi connectivity index (χ0) is 14.0. The highest BCUT2D eigenvalue weighted by Crippen LogP contribution is 2.33. The first-order valence-corrected chi connectivity index (χ1v) is 5.86. The molecule has 0 radical (unpaired) electrons. The van der Waals surface area contributed by atoms with Gasteiger partial charge in [-0.3, -0.25) is 4.79 Å². The fraction of sp³-hybridized carbons (Fsp3) is 0.200. The van der Waals surface area contributed by atoms with Crippen molar-refractivity contribution in [1.82, 2.24) is 0 Å². The van der Waals surface area contributed by atoms with Crippen LogP contribution in [0, 0.1) is 12.7 Å². The van der Waals surface area contributed by atoms with Crippen LogP contribution in [-0.4, -0.2) is 12.3 Å². The lowest BCUT2D eigenvalue weighted by molar-refractivity contribution is -0.131. The van der Waals surface area contributed by atoms with Gasteiger partial charge in [-0.05, 0) is 35.6 Å². The summed E-state index contributed by atoms with van der Waals surface area (Å²) in [6.45, 7) is 3.04. The van der Waals surface area contributed by atoms with Crippen molar-refractivity contribution >= 4 is 23.0 Å². The molecule has 4 heteroatoms. The van der Waals surface area contributed by atoms with Crippen LogP contribution < -0.4 is 4.74 Å². The molecule has 0 spiro atoms. The molecule has 98 valence electrons. The lowest BCUT2D eigenvalue weighted by atomic mass is 9.98. The van der Waals surface area contributed by atoms with E-state index in [0.717, 1.165) is 17.2 Å². The van der Waals surface area contributed by atoms with Gasteiger partial charge in [0.25, 0.3) is 0 Å². The van der Waals surface area contributed by atoms with E-state index in [9.17, 15) is 14.0 Å². The molecule has 2 aromatic rings. The summed E-state index contributed by atoms with van der Waals surface area (Å²) in [5.74, 6) is -0.554. The highest BCUT2D eigenvalue weighted by Gasteiger charge is 2.13. The quantitative estimate of drug-likeness (QED) is 0.484. The van der Waals surface area contributed by atoms with Gasteiger partial charge in [0.1, 0.15) is 17.9 Å². The predicted octanol–water partition coefficient (Wildman–Crippen LogP) is 2.95. The minimum Gasteiger partial charge on any atom is -0.426 e. The second kappa shape index (κ2) is 5.18. The summed E-state index contributed by atoms with van der Waals surface area (Å²) >= 11 is 0. The number of rotatable bonds is 3. The molecule has 0 aliphatic rings. The molecule has 19 heavy (non-hydrogen) atoms. The predicted molar refractivity (Wildman–Crippen MR) is 69.7 cm³/mol. The first-order chi connectivity index (χ1) is 9.02. The Balaban J connectivity index is 2.76. The lowest BCUT2D eigenvalue weighted by Crippen LogP contribution is -2.05. The summed E-state index contributed by atoms with van der Waals surface area (Å²) in [5, 5.41) is 1.27. The molecule has 0 aliphatic heterocycles. The molecule has 0 heterocycles. The van der Waals surface area contributed by atoms with Gasteiger partial charge < -0.3 is 9.53 Å². The normalized spacial score (nSPS) is 10.5. The first kappa shape index (κ1) is 13.2. The number of aldehydes is 1. The highest BCUT2D eigenvalue weighted by molar-refractivity contribution is 5.93. The summed E-state index contributed by atoms with van der Waals surface area (Å²) in [4.78, 5) is 21.9. The number of halogens is 1. The van der Waals surface area contributed by atoms with E-state index >= 15 is 0 Å². The monoisotopic (exact) mass is 260 g/mol.